The van der Waals surface area contributed by atoms with Crippen molar-refractivity contribution < 1.29 is 14.3 Å². The molecule has 1 unspecified atom stereocenters. The Hall–Kier alpha value is -1.58. The Labute approximate surface area is 127 Å². The highest BCUT2D eigenvalue weighted by atomic mass is 16.5. The lowest BCUT2D eigenvalue weighted by molar-refractivity contribution is -0.143. The van der Waals surface area contributed by atoms with E-state index in [4.69, 9.17) is 9.47 Å². The first-order chi connectivity index (χ1) is 10.2. The standard InChI is InChI=1S/C17H27NO3/c1-4-7-8-10-14(13-16(19)20-5-2)15-11-9-12-18-17(15)21-6-3/h9,11-12,14H,4-8,10,13H2,1-3H3. The molecule has 0 radical (unpaired) electrons. The highest BCUT2D eigenvalue weighted by Crippen LogP contribution is 2.32. The number of unbranched alkanes of at least 4 members (excludes halogenated alkanes) is 2. The molecule has 0 fully saturated rings. The van der Waals surface area contributed by atoms with Gasteiger partial charge >= 0.3 is 5.97 Å². The molecule has 0 saturated heterocycles. The molecule has 1 rings (SSSR count). The largest absolute Gasteiger partial charge is 0.478 e. The van der Waals surface area contributed by atoms with Gasteiger partial charge in [-0.1, -0.05) is 32.3 Å². The molecular weight excluding hydrogens is 266 g/mol. The van der Waals surface area contributed by atoms with E-state index in [1.54, 1.807) is 6.20 Å². The maximum atomic E-state index is 11.8. The van der Waals surface area contributed by atoms with Crippen molar-refractivity contribution in [2.75, 3.05) is 13.2 Å². The molecule has 0 aromatic carbocycles. The van der Waals surface area contributed by atoms with E-state index in [0.29, 0.717) is 25.5 Å². The van der Waals surface area contributed by atoms with E-state index in [0.717, 1.165) is 24.8 Å². The van der Waals surface area contributed by atoms with Crippen LogP contribution in [0.3, 0.4) is 0 Å². The van der Waals surface area contributed by atoms with E-state index in [2.05, 4.69) is 11.9 Å². The van der Waals surface area contributed by atoms with Gasteiger partial charge in [0.05, 0.1) is 19.6 Å². The monoisotopic (exact) mass is 293 g/mol. The number of esters is 1. The van der Waals surface area contributed by atoms with E-state index in [1.807, 2.05) is 26.0 Å². The van der Waals surface area contributed by atoms with Crippen molar-refractivity contribution in [1.82, 2.24) is 4.98 Å². The van der Waals surface area contributed by atoms with E-state index in [-0.39, 0.29) is 11.9 Å². The van der Waals surface area contributed by atoms with Gasteiger partial charge in [0, 0.05) is 11.8 Å². The highest BCUT2D eigenvalue weighted by molar-refractivity contribution is 5.70. The summed E-state index contributed by atoms with van der Waals surface area (Å²) in [6.45, 7) is 6.95. The van der Waals surface area contributed by atoms with Gasteiger partial charge in [0.2, 0.25) is 5.88 Å². The minimum absolute atomic E-state index is 0.117. The summed E-state index contributed by atoms with van der Waals surface area (Å²) in [5, 5.41) is 0. The zero-order chi connectivity index (χ0) is 15.5. The molecule has 0 amide bonds. The van der Waals surface area contributed by atoms with E-state index in [9.17, 15) is 4.79 Å². The average molecular weight is 293 g/mol. The zero-order valence-corrected chi connectivity index (χ0v) is 13.4. The van der Waals surface area contributed by atoms with Crippen LogP contribution >= 0.6 is 0 Å². The fourth-order valence-electron chi connectivity index (χ4n) is 2.40. The van der Waals surface area contributed by atoms with Crippen LogP contribution in [0.15, 0.2) is 18.3 Å². The van der Waals surface area contributed by atoms with Gasteiger partial charge in [0.15, 0.2) is 0 Å². The first kappa shape index (κ1) is 17.5. The van der Waals surface area contributed by atoms with Gasteiger partial charge in [-0.15, -0.1) is 0 Å². The van der Waals surface area contributed by atoms with Crippen LogP contribution in [0, 0.1) is 0 Å². The first-order valence-electron chi connectivity index (χ1n) is 7.96. The fourth-order valence-corrected chi connectivity index (χ4v) is 2.40. The number of aromatic nitrogens is 1. The van der Waals surface area contributed by atoms with Crippen LogP contribution in [-0.2, 0) is 9.53 Å². The van der Waals surface area contributed by atoms with Gasteiger partial charge < -0.3 is 9.47 Å². The van der Waals surface area contributed by atoms with Crippen molar-refractivity contribution >= 4 is 5.97 Å². The van der Waals surface area contributed by atoms with Crippen LogP contribution in [-0.4, -0.2) is 24.2 Å². The predicted molar refractivity (Wildman–Crippen MR) is 83.5 cm³/mol. The Morgan fingerprint density at radius 3 is 2.71 bits per heavy atom. The summed E-state index contributed by atoms with van der Waals surface area (Å²) < 4.78 is 10.7. The summed E-state index contributed by atoms with van der Waals surface area (Å²) >= 11 is 0. The van der Waals surface area contributed by atoms with Crippen LogP contribution < -0.4 is 4.74 Å². The van der Waals surface area contributed by atoms with Crippen LogP contribution in [0.1, 0.15) is 64.4 Å². The Bertz CT molecular complexity index is 420. The molecule has 0 saturated carbocycles. The summed E-state index contributed by atoms with van der Waals surface area (Å²) in [4.78, 5) is 16.1. The number of pyridine rings is 1. The molecule has 0 spiro atoms. The normalized spacial score (nSPS) is 12.0. The van der Waals surface area contributed by atoms with Crippen molar-refractivity contribution in [3.05, 3.63) is 23.9 Å². The first-order valence-corrected chi connectivity index (χ1v) is 7.96. The van der Waals surface area contributed by atoms with E-state index < -0.39 is 0 Å². The van der Waals surface area contributed by atoms with Gasteiger partial charge in [-0.2, -0.15) is 0 Å². The number of nitrogens with zero attached hydrogens (tertiary/aromatic N) is 1. The number of carbonyl (C=O) groups excluding carboxylic acids is 1. The highest BCUT2D eigenvalue weighted by Gasteiger charge is 2.20. The maximum Gasteiger partial charge on any atom is 0.306 e. The van der Waals surface area contributed by atoms with Crippen LogP contribution in [0.4, 0.5) is 0 Å². The second-order valence-electron chi connectivity index (χ2n) is 5.03. The molecule has 1 aromatic rings. The Balaban J connectivity index is 2.85. The number of carbonyl (C=O) groups is 1. The summed E-state index contributed by atoms with van der Waals surface area (Å²) in [6.07, 6.45) is 6.51. The lowest BCUT2D eigenvalue weighted by Gasteiger charge is -2.19. The van der Waals surface area contributed by atoms with E-state index >= 15 is 0 Å². The molecule has 1 atom stereocenters. The summed E-state index contributed by atoms with van der Waals surface area (Å²) in [5.74, 6) is 0.613. The van der Waals surface area contributed by atoms with Gasteiger partial charge in [-0.05, 0) is 32.3 Å². The third-order valence-electron chi connectivity index (χ3n) is 3.40. The summed E-state index contributed by atoms with van der Waals surface area (Å²) in [6, 6.07) is 3.91. The number of hydrogen-bond donors (Lipinski definition) is 0. The molecule has 118 valence electrons. The van der Waals surface area contributed by atoms with Gasteiger partial charge in [0.25, 0.3) is 0 Å². The Kier molecular flexibility index (Phi) is 8.48. The molecule has 4 nitrogen and oxygen atoms in total. The van der Waals surface area contributed by atoms with Gasteiger partial charge in [-0.3, -0.25) is 4.79 Å². The third kappa shape index (κ3) is 6.15. The molecule has 0 aliphatic carbocycles. The molecule has 1 aromatic heterocycles. The molecule has 0 bridgehead atoms. The van der Waals surface area contributed by atoms with Crippen molar-refractivity contribution in [2.24, 2.45) is 0 Å². The minimum Gasteiger partial charge on any atom is -0.478 e. The molecular formula is C17H27NO3. The Morgan fingerprint density at radius 2 is 2.05 bits per heavy atom. The zero-order valence-electron chi connectivity index (χ0n) is 13.4. The molecule has 21 heavy (non-hydrogen) atoms. The second-order valence-corrected chi connectivity index (χ2v) is 5.03. The molecule has 0 aliphatic rings. The lowest BCUT2D eigenvalue weighted by atomic mass is 9.91. The third-order valence-corrected chi connectivity index (χ3v) is 3.40. The van der Waals surface area contributed by atoms with Crippen molar-refractivity contribution in [3.63, 3.8) is 0 Å². The van der Waals surface area contributed by atoms with E-state index in [1.165, 1.54) is 6.42 Å². The minimum atomic E-state index is -0.148. The van der Waals surface area contributed by atoms with Crippen LogP contribution in [0.25, 0.3) is 0 Å². The van der Waals surface area contributed by atoms with Gasteiger partial charge in [-0.25, -0.2) is 4.98 Å². The second kappa shape index (κ2) is 10.2. The smallest absolute Gasteiger partial charge is 0.306 e. The number of ether oxygens (including phenoxy) is 2. The molecule has 0 aliphatic heterocycles. The predicted octanol–water partition coefficient (Wildman–Crippen LogP) is 4.10. The number of rotatable bonds is 10. The lowest BCUT2D eigenvalue weighted by Crippen LogP contribution is -2.12. The van der Waals surface area contributed by atoms with Crippen molar-refractivity contribution in [1.29, 1.82) is 0 Å². The molecule has 1 heterocycles. The summed E-state index contributed by atoms with van der Waals surface area (Å²) in [7, 11) is 0. The summed E-state index contributed by atoms with van der Waals surface area (Å²) in [5.41, 5.74) is 1.02. The van der Waals surface area contributed by atoms with Gasteiger partial charge in [0.1, 0.15) is 0 Å². The molecule has 0 N–H and O–H groups in total. The van der Waals surface area contributed by atoms with Crippen LogP contribution in [0.5, 0.6) is 5.88 Å². The quantitative estimate of drug-likeness (QED) is 0.481. The van der Waals surface area contributed by atoms with Crippen molar-refractivity contribution in [2.45, 2.75) is 58.8 Å². The number of hydrogen-bond acceptors (Lipinski definition) is 4. The van der Waals surface area contributed by atoms with Crippen LogP contribution in [0.2, 0.25) is 0 Å². The Morgan fingerprint density at radius 1 is 1.24 bits per heavy atom. The topological polar surface area (TPSA) is 48.4 Å². The molecule has 4 heteroatoms. The van der Waals surface area contributed by atoms with Crippen molar-refractivity contribution in [3.8, 4) is 5.88 Å². The average Bonchev–Trinajstić information content (AvgIpc) is 2.48. The maximum absolute atomic E-state index is 11.8. The SMILES string of the molecule is CCCCCC(CC(=O)OCC)c1cccnc1OCC. The fraction of sp³-hybridized carbons (Fsp3) is 0.647.